The molecule has 0 saturated heterocycles. The van der Waals surface area contributed by atoms with Gasteiger partial charge in [-0.1, -0.05) is 30.4 Å². The van der Waals surface area contributed by atoms with E-state index >= 15 is 0 Å². The number of benzene rings is 2. The van der Waals surface area contributed by atoms with Gasteiger partial charge in [-0.2, -0.15) is 0 Å². The minimum absolute atomic E-state index is 0.176. The van der Waals surface area contributed by atoms with E-state index in [-0.39, 0.29) is 12.4 Å². The molecule has 0 radical (unpaired) electrons. The van der Waals surface area contributed by atoms with Crippen LogP contribution in [0.3, 0.4) is 0 Å². The first kappa shape index (κ1) is 21.2. The Morgan fingerprint density at radius 1 is 0.967 bits per heavy atom. The highest BCUT2D eigenvalue weighted by molar-refractivity contribution is 5.63. The van der Waals surface area contributed by atoms with Crippen LogP contribution < -0.4 is 5.32 Å². The Balaban J connectivity index is 1.75. The van der Waals surface area contributed by atoms with Gasteiger partial charge in [0.25, 0.3) is 0 Å². The van der Waals surface area contributed by atoms with E-state index in [0.29, 0.717) is 31.3 Å². The Morgan fingerprint density at radius 2 is 1.77 bits per heavy atom. The van der Waals surface area contributed by atoms with Crippen LogP contribution in [0, 0.1) is 0 Å². The number of nitrogens with one attached hydrogen (secondary N) is 1. The standard InChI is InChI=1S/C24H25N3O3/c1-3-12-29-16-18-6-5-7-19(14-18)22-10-11-25-24(27-22)26-21-8-9-23(28)20(15-21)17-30-13-4-2/h3-11,14-15,28H,1-2,12-13,16-17H2,(H,25,26,27). The third-order valence-corrected chi connectivity index (χ3v) is 4.21. The van der Waals surface area contributed by atoms with Crippen molar-refractivity contribution in [3.8, 4) is 17.0 Å². The van der Waals surface area contributed by atoms with Crippen molar-refractivity contribution in [1.82, 2.24) is 9.97 Å². The van der Waals surface area contributed by atoms with Crippen LogP contribution in [-0.4, -0.2) is 28.3 Å². The summed E-state index contributed by atoms with van der Waals surface area (Å²) in [5.74, 6) is 0.638. The van der Waals surface area contributed by atoms with Gasteiger partial charge in [0.2, 0.25) is 5.95 Å². The summed E-state index contributed by atoms with van der Waals surface area (Å²) in [7, 11) is 0. The highest BCUT2D eigenvalue weighted by Crippen LogP contribution is 2.25. The fourth-order valence-electron chi connectivity index (χ4n) is 2.82. The third-order valence-electron chi connectivity index (χ3n) is 4.21. The molecule has 0 amide bonds. The Labute approximate surface area is 176 Å². The van der Waals surface area contributed by atoms with Crippen molar-refractivity contribution in [2.24, 2.45) is 0 Å². The molecule has 0 saturated carbocycles. The van der Waals surface area contributed by atoms with Crippen LogP contribution in [0.4, 0.5) is 11.6 Å². The number of hydrogen-bond donors (Lipinski definition) is 2. The number of anilines is 2. The zero-order chi connectivity index (χ0) is 21.2. The first-order chi connectivity index (χ1) is 14.7. The van der Waals surface area contributed by atoms with Gasteiger partial charge in [0.1, 0.15) is 5.75 Å². The minimum Gasteiger partial charge on any atom is -0.508 e. The van der Waals surface area contributed by atoms with Crippen molar-refractivity contribution in [3.05, 3.63) is 91.2 Å². The topological polar surface area (TPSA) is 76.5 Å². The van der Waals surface area contributed by atoms with Gasteiger partial charge >= 0.3 is 0 Å². The summed E-state index contributed by atoms with van der Waals surface area (Å²) in [4.78, 5) is 8.92. The van der Waals surface area contributed by atoms with Gasteiger partial charge in [-0.3, -0.25) is 0 Å². The van der Waals surface area contributed by atoms with Crippen LogP contribution in [-0.2, 0) is 22.7 Å². The quantitative estimate of drug-likeness (QED) is 0.267. The van der Waals surface area contributed by atoms with Gasteiger partial charge in [-0.15, -0.1) is 13.2 Å². The number of ether oxygens (including phenoxy) is 2. The number of nitrogens with zero attached hydrogens (tertiary/aromatic N) is 2. The summed E-state index contributed by atoms with van der Waals surface area (Å²) in [5.41, 5.74) is 4.26. The Kier molecular flexibility index (Phi) is 7.71. The lowest BCUT2D eigenvalue weighted by Gasteiger charge is -2.10. The van der Waals surface area contributed by atoms with Gasteiger partial charge < -0.3 is 19.9 Å². The summed E-state index contributed by atoms with van der Waals surface area (Å²) in [6, 6.07) is 15.1. The molecular formula is C24H25N3O3. The van der Waals surface area contributed by atoms with E-state index in [2.05, 4.69) is 28.4 Å². The monoisotopic (exact) mass is 403 g/mol. The molecule has 30 heavy (non-hydrogen) atoms. The van der Waals surface area contributed by atoms with Crippen molar-refractivity contribution in [3.63, 3.8) is 0 Å². The number of aromatic nitrogens is 2. The SMILES string of the molecule is C=CCOCc1cccc(-c2ccnc(Nc3ccc(O)c(COCC=C)c3)n2)c1. The molecule has 2 N–H and O–H groups in total. The molecule has 154 valence electrons. The summed E-state index contributed by atoms with van der Waals surface area (Å²) in [6.07, 6.45) is 5.10. The molecule has 0 spiro atoms. The van der Waals surface area contributed by atoms with Crippen LogP contribution in [0.25, 0.3) is 11.3 Å². The molecule has 6 heteroatoms. The fraction of sp³-hybridized carbons (Fsp3) is 0.167. The number of phenolic OH excluding ortho intramolecular Hbond substituents is 1. The molecule has 1 aromatic heterocycles. The molecule has 0 fully saturated rings. The molecule has 0 aliphatic rings. The van der Waals surface area contributed by atoms with Crippen molar-refractivity contribution >= 4 is 11.6 Å². The van der Waals surface area contributed by atoms with Crippen molar-refractivity contribution in [1.29, 1.82) is 0 Å². The van der Waals surface area contributed by atoms with E-state index in [1.165, 1.54) is 0 Å². The molecular weight excluding hydrogens is 378 g/mol. The molecule has 0 atom stereocenters. The second-order valence-corrected chi connectivity index (χ2v) is 6.54. The maximum Gasteiger partial charge on any atom is 0.227 e. The lowest BCUT2D eigenvalue weighted by atomic mass is 10.1. The van der Waals surface area contributed by atoms with Gasteiger partial charge in [0, 0.05) is 23.0 Å². The largest absolute Gasteiger partial charge is 0.508 e. The van der Waals surface area contributed by atoms with E-state index in [0.717, 1.165) is 22.5 Å². The van der Waals surface area contributed by atoms with Crippen LogP contribution >= 0.6 is 0 Å². The fourth-order valence-corrected chi connectivity index (χ4v) is 2.82. The second kappa shape index (κ2) is 10.9. The zero-order valence-corrected chi connectivity index (χ0v) is 16.8. The number of rotatable bonds is 11. The lowest BCUT2D eigenvalue weighted by Crippen LogP contribution is -2.00. The molecule has 2 aromatic carbocycles. The van der Waals surface area contributed by atoms with Crippen molar-refractivity contribution in [2.75, 3.05) is 18.5 Å². The van der Waals surface area contributed by atoms with Gasteiger partial charge in [0.15, 0.2) is 0 Å². The molecule has 3 rings (SSSR count). The number of aromatic hydroxyl groups is 1. The van der Waals surface area contributed by atoms with Crippen molar-refractivity contribution < 1.29 is 14.6 Å². The van der Waals surface area contributed by atoms with Crippen LogP contribution in [0.2, 0.25) is 0 Å². The van der Waals surface area contributed by atoms with E-state index < -0.39 is 0 Å². The van der Waals surface area contributed by atoms with Crippen LogP contribution in [0.5, 0.6) is 5.75 Å². The molecule has 0 aliphatic carbocycles. The number of hydrogen-bond acceptors (Lipinski definition) is 6. The summed E-state index contributed by atoms with van der Waals surface area (Å²) >= 11 is 0. The Bertz CT molecular complexity index is 1000. The zero-order valence-electron chi connectivity index (χ0n) is 16.8. The van der Waals surface area contributed by atoms with Crippen LogP contribution in [0.1, 0.15) is 11.1 Å². The normalized spacial score (nSPS) is 10.5. The van der Waals surface area contributed by atoms with Gasteiger partial charge in [0.05, 0.1) is 32.1 Å². The van der Waals surface area contributed by atoms with E-state index in [1.54, 1.807) is 30.5 Å². The predicted molar refractivity (Wildman–Crippen MR) is 119 cm³/mol. The Hall–Kier alpha value is -3.48. The predicted octanol–water partition coefficient (Wildman–Crippen LogP) is 5.00. The van der Waals surface area contributed by atoms with Gasteiger partial charge in [-0.05, 0) is 35.9 Å². The van der Waals surface area contributed by atoms with E-state index in [9.17, 15) is 5.11 Å². The summed E-state index contributed by atoms with van der Waals surface area (Å²) in [6.45, 7) is 9.00. The summed E-state index contributed by atoms with van der Waals surface area (Å²) < 4.78 is 10.9. The highest BCUT2D eigenvalue weighted by atomic mass is 16.5. The molecule has 0 unspecified atom stereocenters. The molecule has 0 bridgehead atoms. The average molecular weight is 403 g/mol. The molecule has 6 nitrogen and oxygen atoms in total. The van der Waals surface area contributed by atoms with Crippen molar-refractivity contribution in [2.45, 2.75) is 13.2 Å². The van der Waals surface area contributed by atoms with E-state index in [1.807, 2.05) is 36.4 Å². The molecule has 3 aromatic rings. The smallest absolute Gasteiger partial charge is 0.227 e. The second-order valence-electron chi connectivity index (χ2n) is 6.54. The average Bonchev–Trinajstić information content (AvgIpc) is 2.77. The first-order valence-electron chi connectivity index (χ1n) is 9.58. The maximum absolute atomic E-state index is 10.0. The van der Waals surface area contributed by atoms with Crippen LogP contribution in [0.15, 0.2) is 80.0 Å². The van der Waals surface area contributed by atoms with E-state index in [4.69, 9.17) is 9.47 Å². The van der Waals surface area contributed by atoms with Gasteiger partial charge in [-0.25, -0.2) is 9.97 Å². The molecule has 0 aliphatic heterocycles. The molecule has 1 heterocycles. The summed E-state index contributed by atoms with van der Waals surface area (Å²) in [5, 5.41) is 13.2. The third kappa shape index (κ3) is 6.01. The number of phenols is 1. The first-order valence-corrected chi connectivity index (χ1v) is 9.58. The minimum atomic E-state index is 0.176. The highest BCUT2D eigenvalue weighted by Gasteiger charge is 2.07. The lowest BCUT2D eigenvalue weighted by molar-refractivity contribution is 0.146. The maximum atomic E-state index is 10.0. The Morgan fingerprint density at radius 3 is 2.57 bits per heavy atom.